The van der Waals surface area contributed by atoms with Gasteiger partial charge in [-0.1, -0.05) is 0 Å². The standard InChI is InChI=1S/C18H24N4O2S2.ClH/c19-11-5-7-22(9-11)15(23)6-8-25-10-14-20-17(24)16-12-3-1-2-4-13(12)26-18(16)21-14;/h11H,1-10,19H2,(H,20,21,24);1H/t11-;/m1./s1. The molecular weight excluding hydrogens is 404 g/mol. The van der Waals surface area contributed by atoms with E-state index in [0.717, 1.165) is 48.2 Å². The number of carbonyl (C=O) groups excluding carboxylic acids is 1. The fourth-order valence-electron chi connectivity index (χ4n) is 3.78. The van der Waals surface area contributed by atoms with Crippen molar-refractivity contribution in [2.24, 2.45) is 5.73 Å². The van der Waals surface area contributed by atoms with Crippen LogP contribution in [0.1, 0.15) is 41.9 Å². The molecule has 9 heteroatoms. The minimum atomic E-state index is -0.00729. The summed E-state index contributed by atoms with van der Waals surface area (Å²) in [6, 6.07) is 0.129. The molecular formula is C18H25ClN4O2S2. The smallest absolute Gasteiger partial charge is 0.259 e. The largest absolute Gasteiger partial charge is 0.341 e. The monoisotopic (exact) mass is 428 g/mol. The van der Waals surface area contributed by atoms with E-state index in [4.69, 9.17) is 5.73 Å². The second-order valence-electron chi connectivity index (χ2n) is 7.09. The summed E-state index contributed by atoms with van der Waals surface area (Å²) in [5.41, 5.74) is 7.06. The van der Waals surface area contributed by atoms with E-state index in [-0.39, 0.29) is 29.9 Å². The van der Waals surface area contributed by atoms with Crippen molar-refractivity contribution in [2.45, 2.75) is 50.3 Å². The molecule has 0 saturated carbocycles. The number of hydrogen-bond acceptors (Lipinski definition) is 6. The topological polar surface area (TPSA) is 92.1 Å². The maximum absolute atomic E-state index is 12.5. The summed E-state index contributed by atoms with van der Waals surface area (Å²) in [7, 11) is 0. The van der Waals surface area contributed by atoms with Crippen LogP contribution in [0.4, 0.5) is 0 Å². The van der Waals surface area contributed by atoms with Gasteiger partial charge in [0.15, 0.2) is 0 Å². The lowest BCUT2D eigenvalue weighted by molar-refractivity contribution is -0.129. The molecule has 4 rings (SSSR count). The molecule has 148 valence electrons. The van der Waals surface area contributed by atoms with Crippen molar-refractivity contribution in [2.75, 3.05) is 18.8 Å². The van der Waals surface area contributed by atoms with Crippen LogP contribution in [0.3, 0.4) is 0 Å². The molecule has 2 aromatic rings. The minimum Gasteiger partial charge on any atom is -0.341 e. The number of aryl methyl sites for hydroxylation is 2. The number of thiophene rings is 1. The molecule has 0 spiro atoms. The highest BCUT2D eigenvalue weighted by Crippen LogP contribution is 2.33. The summed E-state index contributed by atoms with van der Waals surface area (Å²) >= 11 is 3.32. The lowest BCUT2D eigenvalue weighted by Crippen LogP contribution is -2.32. The molecule has 3 N–H and O–H groups in total. The zero-order chi connectivity index (χ0) is 18.1. The van der Waals surface area contributed by atoms with Crippen LogP contribution in [0.25, 0.3) is 10.2 Å². The number of H-pyrrole nitrogens is 1. The van der Waals surface area contributed by atoms with Crippen molar-refractivity contribution in [3.05, 3.63) is 26.6 Å². The van der Waals surface area contributed by atoms with Crippen LogP contribution in [-0.4, -0.2) is 45.7 Å². The van der Waals surface area contributed by atoms with Crippen molar-refractivity contribution in [1.82, 2.24) is 14.9 Å². The Balaban J connectivity index is 0.00000210. The fourth-order valence-corrected chi connectivity index (χ4v) is 5.85. The number of amides is 1. The molecule has 3 heterocycles. The van der Waals surface area contributed by atoms with Gasteiger partial charge >= 0.3 is 0 Å². The van der Waals surface area contributed by atoms with Gasteiger partial charge < -0.3 is 15.6 Å². The molecule has 0 aromatic carbocycles. The van der Waals surface area contributed by atoms with Gasteiger partial charge in [0.05, 0.1) is 11.1 Å². The van der Waals surface area contributed by atoms with Gasteiger partial charge in [-0.2, -0.15) is 11.8 Å². The second-order valence-corrected chi connectivity index (χ2v) is 9.28. The first-order valence-corrected chi connectivity index (χ1v) is 11.2. The molecule has 0 unspecified atom stereocenters. The van der Waals surface area contributed by atoms with E-state index < -0.39 is 0 Å². The van der Waals surface area contributed by atoms with Crippen LogP contribution in [0.2, 0.25) is 0 Å². The molecule has 27 heavy (non-hydrogen) atoms. The van der Waals surface area contributed by atoms with Crippen molar-refractivity contribution in [3.8, 4) is 0 Å². The minimum absolute atomic E-state index is 0. The van der Waals surface area contributed by atoms with E-state index in [0.29, 0.717) is 24.5 Å². The normalized spacial score (nSPS) is 19.1. The summed E-state index contributed by atoms with van der Waals surface area (Å²) in [4.78, 5) is 36.3. The average molecular weight is 429 g/mol. The number of nitrogens with zero attached hydrogens (tertiary/aromatic N) is 2. The second kappa shape index (κ2) is 8.94. The van der Waals surface area contributed by atoms with E-state index in [2.05, 4.69) is 9.97 Å². The number of aromatic amines is 1. The van der Waals surface area contributed by atoms with Gasteiger partial charge in [-0.15, -0.1) is 23.7 Å². The molecule has 2 aliphatic rings. The number of nitrogens with two attached hydrogens (primary N) is 1. The Kier molecular flexibility index (Phi) is 6.83. The summed E-state index contributed by atoms with van der Waals surface area (Å²) in [6.45, 7) is 1.46. The molecule has 0 radical (unpaired) electrons. The van der Waals surface area contributed by atoms with Gasteiger partial charge in [0.25, 0.3) is 5.56 Å². The number of aromatic nitrogens is 2. The maximum Gasteiger partial charge on any atom is 0.259 e. The van der Waals surface area contributed by atoms with Crippen LogP contribution >= 0.6 is 35.5 Å². The maximum atomic E-state index is 12.5. The molecule has 1 aliphatic heterocycles. The zero-order valence-electron chi connectivity index (χ0n) is 15.2. The van der Waals surface area contributed by atoms with Gasteiger partial charge in [0.2, 0.25) is 5.91 Å². The third-order valence-electron chi connectivity index (χ3n) is 5.15. The van der Waals surface area contributed by atoms with Crippen molar-refractivity contribution in [1.29, 1.82) is 0 Å². The van der Waals surface area contributed by atoms with Crippen molar-refractivity contribution >= 4 is 51.6 Å². The molecule has 0 bridgehead atoms. The van der Waals surface area contributed by atoms with E-state index in [1.165, 1.54) is 16.9 Å². The van der Waals surface area contributed by atoms with Crippen LogP contribution in [0, 0.1) is 0 Å². The van der Waals surface area contributed by atoms with Gasteiger partial charge in [0.1, 0.15) is 10.7 Å². The number of fused-ring (bicyclic) bond motifs is 3. The van der Waals surface area contributed by atoms with Gasteiger partial charge in [-0.3, -0.25) is 9.59 Å². The number of likely N-dealkylation sites (tertiary alicyclic amines) is 1. The van der Waals surface area contributed by atoms with Gasteiger partial charge in [-0.05, 0) is 37.7 Å². The molecule has 1 atom stereocenters. The summed E-state index contributed by atoms with van der Waals surface area (Å²) in [6.07, 6.45) is 5.84. The molecule has 1 aliphatic carbocycles. The Labute approximate surface area is 172 Å². The zero-order valence-corrected chi connectivity index (χ0v) is 17.6. The molecule has 2 aromatic heterocycles. The number of thioether (sulfide) groups is 1. The van der Waals surface area contributed by atoms with Crippen LogP contribution in [0.5, 0.6) is 0 Å². The molecule has 6 nitrogen and oxygen atoms in total. The third kappa shape index (κ3) is 4.50. The van der Waals surface area contributed by atoms with E-state index in [1.807, 2.05) is 4.90 Å². The van der Waals surface area contributed by atoms with Crippen LogP contribution in [0.15, 0.2) is 4.79 Å². The van der Waals surface area contributed by atoms with Crippen LogP contribution in [-0.2, 0) is 23.4 Å². The lowest BCUT2D eigenvalue weighted by Gasteiger charge is -2.15. The average Bonchev–Trinajstić information content (AvgIpc) is 3.22. The number of hydrogen-bond donors (Lipinski definition) is 2. The van der Waals surface area contributed by atoms with E-state index >= 15 is 0 Å². The Morgan fingerprint density at radius 2 is 2.19 bits per heavy atom. The van der Waals surface area contributed by atoms with Crippen molar-refractivity contribution < 1.29 is 4.79 Å². The quantitative estimate of drug-likeness (QED) is 0.713. The van der Waals surface area contributed by atoms with Gasteiger partial charge in [0, 0.05) is 36.2 Å². The van der Waals surface area contributed by atoms with Gasteiger partial charge in [-0.25, -0.2) is 4.98 Å². The summed E-state index contributed by atoms with van der Waals surface area (Å²) < 4.78 is 0. The van der Waals surface area contributed by atoms with E-state index in [9.17, 15) is 9.59 Å². The first-order valence-electron chi connectivity index (χ1n) is 9.26. The Bertz CT molecular complexity index is 882. The highest BCUT2D eigenvalue weighted by atomic mass is 35.5. The van der Waals surface area contributed by atoms with Crippen molar-refractivity contribution in [3.63, 3.8) is 0 Å². The Morgan fingerprint density at radius 1 is 1.37 bits per heavy atom. The molecule has 1 amide bonds. The lowest BCUT2D eigenvalue weighted by atomic mass is 9.97. The summed E-state index contributed by atoms with van der Waals surface area (Å²) in [5, 5.41) is 0.805. The first-order chi connectivity index (χ1) is 12.6. The number of carbonyl (C=O) groups is 1. The Morgan fingerprint density at radius 3 is 2.96 bits per heavy atom. The van der Waals surface area contributed by atoms with E-state index in [1.54, 1.807) is 23.1 Å². The predicted molar refractivity (Wildman–Crippen MR) is 114 cm³/mol. The number of nitrogens with one attached hydrogen (secondary N) is 1. The SMILES string of the molecule is Cl.N[C@@H]1CCN(C(=O)CCSCc2nc3sc4c(c3c(=O)[nH]2)CCCC4)C1. The predicted octanol–water partition coefficient (Wildman–Crippen LogP) is 2.47. The van der Waals surface area contributed by atoms with Crippen LogP contribution < -0.4 is 11.3 Å². The Hall–Kier alpha value is -1.09. The number of rotatable bonds is 5. The third-order valence-corrected chi connectivity index (χ3v) is 7.31. The molecule has 1 fully saturated rings. The first kappa shape index (κ1) is 20.6. The summed E-state index contributed by atoms with van der Waals surface area (Å²) in [5.74, 6) is 2.24. The number of halogens is 1. The highest BCUT2D eigenvalue weighted by Gasteiger charge is 2.23. The molecule has 1 saturated heterocycles. The highest BCUT2D eigenvalue weighted by molar-refractivity contribution is 7.98. The fraction of sp³-hybridized carbons (Fsp3) is 0.611.